The van der Waals surface area contributed by atoms with E-state index in [0.29, 0.717) is 23.0 Å². The van der Waals surface area contributed by atoms with Crippen LogP contribution in [0.2, 0.25) is 0 Å². The van der Waals surface area contributed by atoms with Gasteiger partial charge in [-0.25, -0.2) is 0 Å². The van der Waals surface area contributed by atoms with E-state index < -0.39 is 17.6 Å². The lowest BCUT2D eigenvalue weighted by molar-refractivity contribution is -0.137. The molecule has 0 aromatic heterocycles. The molecule has 2 aliphatic carbocycles. The van der Waals surface area contributed by atoms with Crippen molar-refractivity contribution in [2.24, 2.45) is 23.0 Å². The van der Waals surface area contributed by atoms with Crippen molar-refractivity contribution in [2.45, 2.75) is 50.5 Å². The fraction of sp³-hybridized carbons (Fsp3) is 0.923. The molecular weight excluding hydrogens is 250 g/mol. The molecule has 0 aliphatic heterocycles. The molecule has 2 rings (SSSR count). The molecule has 5 heteroatoms. The maximum atomic E-state index is 10.7. The first kappa shape index (κ1) is 14.2. The fourth-order valence-corrected chi connectivity index (χ4v) is 4.71. The van der Waals surface area contributed by atoms with Crippen LogP contribution in [0.4, 0.5) is 0 Å². The van der Waals surface area contributed by atoms with Crippen molar-refractivity contribution >= 4 is 17.7 Å². The van der Waals surface area contributed by atoms with Crippen LogP contribution in [-0.4, -0.2) is 38.8 Å². The summed E-state index contributed by atoms with van der Waals surface area (Å²) in [4.78, 5) is 10.7. The molecule has 4 N–H and O–H groups in total. The van der Waals surface area contributed by atoms with Crippen LogP contribution in [0.3, 0.4) is 0 Å². The van der Waals surface area contributed by atoms with Crippen LogP contribution >= 0.6 is 11.8 Å². The molecule has 0 heterocycles. The zero-order chi connectivity index (χ0) is 13.7. The molecule has 0 aromatic carbocycles. The SMILES string of the molecule is CC1(C)[C@@H]2C[C@@H](SC[C@H](N)C(=O)O)[C@](C)(O)C[C@@H]21. The third-order valence-electron chi connectivity index (χ3n) is 4.88. The predicted octanol–water partition coefficient (Wildman–Crippen LogP) is 1.32. The summed E-state index contributed by atoms with van der Waals surface area (Å²) in [5, 5.41) is 19.4. The predicted molar refractivity (Wildman–Crippen MR) is 72.5 cm³/mol. The van der Waals surface area contributed by atoms with E-state index >= 15 is 0 Å². The highest BCUT2D eigenvalue weighted by molar-refractivity contribution is 8.00. The number of thioether (sulfide) groups is 1. The molecule has 0 aromatic rings. The monoisotopic (exact) mass is 273 g/mol. The number of carboxylic acid groups (broad SMARTS) is 1. The van der Waals surface area contributed by atoms with E-state index in [1.54, 1.807) is 0 Å². The van der Waals surface area contributed by atoms with E-state index in [-0.39, 0.29) is 5.25 Å². The number of rotatable bonds is 4. The molecule has 2 saturated carbocycles. The minimum absolute atomic E-state index is 0.103. The van der Waals surface area contributed by atoms with E-state index in [4.69, 9.17) is 10.8 Å². The molecule has 0 saturated heterocycles. The standard InChI is InChI=1S/C13H23NO3S/c1-12(2)7-4-10(13(3,17)5-8(7)12)18-6-9(14)11(15)16/h7-10,17H,4-6,14H2,1-3H3,(H,15,16)/t7-,8+,9+,10-,13-/m1/s1. The Kier molecular flexibility index (Phi) is 3.45. The summed E-state index contributed by atoms with van der Waals surface area (Å²) in [7, 11) is 0. The van der Waals surface area contributed by atoms with Crippen molar-refractivity contribution in [3.8, 4) is 0 Å². The second kappa shape index (κ2) is 4.39. The van der Waals surface area contributed by atoms with Gasteiger partial charge in [0.15, 0.2) is 0 Å². The highest BCUT2D eigenvalue weighted by Gasteiger charge is 2.63. The molecule has 0 radical (unpaired) electrons. The molecule has 4 nitrogen and oxygen atoms in total. The van der Waals surface area contributed by atoms with Gasteiger partial charge in [0.2, 0.25) is 0 Å². The molecular formula is C13H23NO3S. The Balaban J connectivity index is 1.94. The Morgan fingerprint density at radius 1 is 1.44 bits per heavy atom. The van der Waals surface area contributed by atoms with Crippen LogP contribution in [0.1, 0.15) is 33.6 Å². The lowest BCUT2D eigenvalue weighted by atomic mass is 9.86. The third-order valence-corrected chi connectivity index (χ3v) is 6.53. The molecule has 0 unspecified atom stereocenters. The van der Waals surface area contributed by atoms with E-state index in [1.807, 2.05) is 6.92 Å². The Labute approximate surface area is 112 Å². The average Bonchev–Trinajstić information content (AvgIpc) is 2.74. The Hall–Kier alpha value is -0.260. The summed E-state index contributed by atoms with van der Waals surface area (Å²) in [6.07, 6.45) is 1.80. The van der Waals surface area contributed by atoms with Gasteiger partial charge in [0.1, 0.15) is 6.04 Å². The number of hydrogen-bond donors (Lipinski definition) is 3. The number of aliphatic carboxylic acids is 1. The summed E-state index contributed by atoms with van der Waals surface area (Å²) in [6, 6.07) is -0.837. The smallest absolute Gasteiger partial charge is 0.321 e. The van der Waals surface area contributed by atoms with Gasteiger partial charge in [-0.3, -0.25) is 4.79 Å². The topological polar surface area (TPSA) is 83.6 Å². The molecule has 104 valence electrons. The van der Waals surface area contributed by atoms with Gasteiger partial charge in [0.25, 0.3) is 0 Å². The number of aliphatic hydroxyl groups is 1. The van der Waals surface area contributed by atoms with Crippen LogP contribution in [0.25, 0.3) is 0 Å². The third kappa shape index (κ3) is 2.40. The second-order valence-corrected chi connectivity index (χ2v) is 7.83. The lowest BCUT2D eigenvalue weighted by Gasteiger charge is -2.36. The summed E-state index contributed by atoms with van der Waals surface area (Å²) < 4.78 is 0. The van der Waals surface area contributed by atoms with Crippen LogP contribution in [0.15, 0.2) is 0 Å². The normalized spacial score (nSPS) is 43.1. The summed E-state index contributed by atoms with van der Waals surface area (Å²) in [5.41, 5.74) is 5.16. The van der Waals surface area contributed by atoms with Crippen molar-refractivity contribution in [2.75, 3.05) is 5.75 Å². The summed E-state index contributed by atoms with van der Waals surface area (Å²) in [5.74, 6) is 0.699. The first-order chi connectivity index (χ1) is 8.16. The Bertz CT molecular complexity index is 356. The van der Waals surface area contributed by atoms with Gasteiger partial charge < -0.3 is 15.9 Å². The van der Waals surface area contributed by atoms with Crippen molar-refractivity contribution in [3.63, 3.8) is 0 Å². The average molecular weight is 273 g/mol. The van der Waals surface area contributed by atoms with Crippen molar-refractivity contribution in [1.29, 1.82) is 0 Å². The maximum absolute atomic E-state index is 10.7. The van der Waals surface area contributed by atoms with Crippen molar-refractivity contribution < 1.29 is 15.0 Å². The molecule has 5 atom stereocenters. The van der Waals surface area contributed by atoms with Gasteiger partial charge in [-0.05, 0) is 37.0 Å². The summed E-state index contributed by atoms with van der Waals surface area (Å²) >= 11 is 1.52. The molecule has 2 fully saturated rings. The summed E-state index contributed by atoms with van der Waals surface area (Å²) in [6.45, 7) is 6.39. The minimum Gasteiger partial charge on any atom is -0.480 e. The zero-order valence-corrected chi connectivity index (χ0v) is 12.0. The zero-order valence-electron chi connectivity index (χ0n) is 11.2. The molecule has 18 heavy (non-hydrogen) atoms. The Morgan fingerprint density at radius 2 is 2.06 bits per heavy atom. The Morgan fingerprint density at radius 3 is 2.61 bits per heavy atom. The van der Waals surface area contributed by atoms with E-state index in [1.165, 1.54) is 11.8 Å². The van der Waals surface area contributed by atoms with E-state index in [9.17, 15) is 9.90 Å². The lowest BCUT2D eigenvalue weighted by Crippen LogP contribution is -2.42. The molecule has 0 bridgehead atoms. The van der Waals surface area contributed by atoms with Gasteiger partial charge in [-0.2, -0.15) is 11.8 Å². The molecule has 2 aliphatic rings. The number of carbonyl (C=O) groups is 1. The number of fused-ring (bicyclic) bond motifs is 1. The number of hydrogen-bond acceptors (Lipinski definition) is 4. The van der Waals surface area contributed by atoms with Gasteiger partial charge >= 0.3 is 5.97 Å². The molecule has 0 spiro atoms. The molecule has 0 amide bonds. The minimum atomic E-state index is -0.970. The van der Waals surface area contributed by atoms with E-state index in [0.717, 1.165) is 12.8 Å². The maximum Gasteiger partial charge on any atom is 0.321 e. The number of nitrogens with two attached hydrogens (primary N) is 1. The van der Waals surface area contributed by atoms with Crippen LogP contribution in [0.5, 0.6) is 0 Å². The first-order valence-corrected chi connectivity index (χ1v) is 7.53. The van der Waals surface area contributed by atoms with Gasteiger partial charge in [-0.1, -0.05) is 13.8 Å². The van der Waals surface area contributed by atoms with Gasteiger partial charge in [0.05, 0.1) is 5.60 Å². The van der Waals surface area contributed by atoms with Crippen molar-refractivity contribution in [1.82, 2.24) is 0 Å². The highest BCUT2D eigenvalue weighted by atomic mass is 32.2. The highest BCUT2D eigenvalue weighted by Crippen LogP contribution is 2.67. The van der Waals surface area contributed by atoms with Gasteiger partial charge in [0, 0.05) is 11.0 Å². The van der Waals surface area contributed by atoms with Crippen LogP contribution in [-0.2, 0) is 4.79 Å². The van der Waals surface area contributed by atoms with Crippen molar-refractivity contribution in [3.05, 3.63) is 0 Å². The van der Waals surface area contributed by atoms with Crippen LogP contribution < -0.4 is 5.73 Å². The largest absolute Gasteiger partial charge is 0.480 e. The quantitative estimate of drug-likeness (QED) is 0.719. The number of carboxylic acids is 1. The van der Waals surface area contributed by atoms with E-state index in [2.05, 4.69) is 13.8 Å². The van der Waals surface area contributed by atoms with Crippen LogP contribution in [0, 0.1) is 17.3 Å². The second-order valence-electron chi connectivity index (χ2n) is 6.60. The first-order valence-electron chi connectivity index (χ1n) is 6.48. The van der Waals surface area contributed by atoms with Gasteiger partial charge in [-0.15, -0.1) is 0 Å². The fourth-order valence-electron chi connectivity index (χ4n) is 3.33.